The number of ether oxygens (including phenoxy) is 1. The number of unbranched alkanes of at least 4 members (excludes halogenated alkanes) is 4. The van der Waals surface area contributed by atoms with Crippen LogP contribution in [0.25, 0.3) is 0 Å². The number of hydrogen-bond acceptors (Lipinski definition) is 4. The first-order valence-electron chi connectivity index (χ1n) is 9.15. The minimum absolute atomic E-state index is 0. The van der Waals surface area contributed by atoms with E-state index < -0.39 is 10.1 Å². The van der Waals surface area contributed by atoms with E-state index >= 15 is 0 Å². The fraction of sp³-hybridized carbons (Fsp3) is 0.684. The zero-order valence-corrected chi connectivity index (χ0v) is 18.9. The van der Waals surface area contributed by atoms with Gasteiger partial charge in [0.05, 0.1) is 16.7 Å². The molecule has 0 saturated heterocycles. The Hall–Kier alpha value is -0.0700. The fourth-order valence-electron chi connectivity index (χ4n) is 2.80. The molecule has 0 N–H and O–H groups in total. The Morgan fingerprint density at radius 2 is 1.60 bits per heavy atom. The molecule has 0 radical (unpaired) electrons. The van der Waals surface area contributed by atoms with Crippen LogP contribution in [0.5, 0.6) is 5.75 Å². The van der Waals surface area contributed by atoms with Gasteiger partial charge < -0.3 is 9.29 Å². The molecule has 0 amide bonds. The predicted molar refractivity (Wildman–Crippen MR) is 97.6 cm³/mol. The summed E-state index contributed by atoms with van der Waals surface area (Å²) in [6.45, 7) is 4.65. The first-order chi connectivity index (χ1) is 11.5. The van der Waals surface area contributed by atoms with Crippen LogP contribution in [0.3, 0.4) is 0 Å². The zero-order valence-electron chi connectivity index (χ0n) is 16.1. The van der Waals surface area contributed by atoms with Crippen molar-refractivity contribution in [3.05, 3.63) is 29.3 Å². The summed E-state index contributed by atoms with van der Waals surface area (Å²) in [5.74, 6) is 0.484. The number of benzene rings is 1. The molecule has 0 aromatic heterocycles. The van der Waals surface area contributed by atoms with E-state index in [4.69, 9.17) is 4.74 Å². The molecule has 0 atom stereocenters. The Morgan fingerprint density at radius 3 is 2.20 bits per heavy atom. The van der Waals surface area contributed by atoms with E-state index in [1.54, 1.807) is 0 Å². The third kappa shape index (κ3) is 11.3. The van der Waals surface area contributed by atoms with Gasteiger partial charge in [-0.1, -0.05) is 51.7 Å². The standard InChI is InChI=1S/C19H32O4S.Na/c1-3-5-7-11-17-12-9-14-19(18(17)13-8-6-4-2)23-15-10-16-24(20,21)22;/h9,12,14H,3-8,10-11,13,15-16H2,1-2H3,(H,20,21,22);/q;+1/p-1. The van der Waals surface area contributed by atoms with Crippen molar-refractivity contribution in [3.63, 3.8) is 0 Å². The van der Waals surface area contributed by atoms with Gasteiger partial charge in [-0.2, -0.15) is 0 Å². The Kier molecular flexibility index (Phi) is 14.0. The molecule has 0 spiro atoms. The molecule has 138 valence electrons. The molecule has 1 rings (SSSR count). The summed E-state index contributed by atoms with van der Waals surface area (Å²) >= 11 is 0. The van der Waals surface area contributed by atoms with E-state index in [2.05, 4.69) is 19.9 Å². The smallest absolute Gasteiger partial charge is 0.748 e. The summed E-state index contributed by atoms with van der Waals surface area (Å²) in [7, 11) is -4.16. The van der Waals surface area contributed by atoms with Crippen LogP contribution < -0.4 is 34.3 Å². The largest absolute Gasteiger partial charge is 1.00 e. The molecule has 4 nitrogen and oxygen atoms in total. The quantitative estimate of drug-likeness (QED) is 0.296. The predicted octanol–water partition coefficient (Wildman–Crippen LogP) is 1.47. The van der Waals surface area contributed by atoms with Crippen molar-refractivity contribution >= 4 is 10.1 Å². The second-order valence-corrected chi connectivity index (χ2v) is 7.80. The molecule has 1 aromatic rings. The van der Waals surface area contributed by atoms with Gasteiger partial charge in [-0.05, 0) is 49.3 Å². The van der Waals surface area contributed by atoms with Crippen LogP contribution in [0.1, 0.15) is 69.9 Å². The second-order valence-electron chi connectivity index (χ2n) is 6.27. The molecule has 0 bridgehead atoms. The second kappa shape index (κ2) is 14.0. The van der Waals surface area contributed by atoms with Gasteiger partial charge in [0.2, 0.25) is 0 Å². The summed E-state index contributed by atoms with van der Waals surface area (Å²) in [4.78, 5) is 0. The van der Waals surface area contributed by atoms with E-state index in [0.29, 0.717) is 0 Å². The fourth-order valence-corrected chi connectivity index (χ4v) is 3.27. The van der Waals surface area contributed by atoms with Crippen LogP contribution >= 0.6 is 0 Å². The first-order valence-corrected chi connectivity index (χ1v) is 10.7. The summed E-state index contributed by atoms with van der Waals surface area (Å²) < 4.78 is 37.8. The first kappa shape index (κ1) is 24.9. The topological polar surface area (TPSA) is 66.4 Å². The van der Waals surface area contributed by atoms with E-state index in [-0.39, 0.29) is 48.3 Å². The molecule has 6 heteroatoms. The minimum Gasteiger partial charge on any atom is -0.748 e. The van der Waals surface area contributed by atoms with Gasteiger partial charge in [0.15, 0.2) is 0 Å². The van der Waals surface area contributed by atoms with Gasteiger partial charge in [-0.25, -0.2) is 8.42 Å². The summed E-state index contributed by atoms with van der Waals surface area (Å²) in [5.41, 5.74) is 2.60. The molecule has 0 heterocycles. The van der Waals surface area contributed by atoms with Crippen LogP contribution in [-0.2, 0) is 23.0 Å². The van der Waals surface area contributed by atoms with Gasteiger partial charge in [0.25, 0.3) is 0 Å². The molecule has 0 aliphatic carbocycles. The van der Waals surface area contributed by atoms with Crippen molar-refractivity contribution in [2.45, 2.75) is 71.6 Å². The Labute approximate surface area is 175 Å². The maximum Gasteiger partial charge on any atom is 1.00 e. The van der Waals surface area contributed by atoms with Crippen LogP contribution in [0.2, 0.25) is 0 Å². The number of rotatable bonds is 13. The Morgan fingerprint density at radius 1 is 0.960 bits per heavy atom. The van der Waals surface area contributed by atoms with Crippen LogP contribution in [0.15, 0.2) is 18.2 Å². The average Bonchev–Trinajstić information content (AvgIpc) is 2.53. The van der Waals surface area contributed by atoms with Crippen molar-refractivity contribution in [2.24, 2.45) is 0 Å². The molecule has 0 saturated carbocycles. The normalized spacial score (nSPS) is 11.2. The molecule has 0 aliphatic rings. The van der Waals surface area contributed by atoms with E-state index in [0.717, 1.165) is 25.0 Å². The van der Waals surface area contributed by atoms with Gasteiger partial charge in [-0.3, -0.25) is 0 Å². The van der Waals surface area contributed by atoms with Crippen molar-refractivity contribution in [1.29, 1.82) is 0 Å². The molecule has 0 unspecified atom stereocenters. The monoisotopic (exact) mass is 378 g/mol. The van der Waals surface area contributed by atoms with Crippen molar-refractivity contribution < 1.29 is 47.3 Å². The van der Waals surface area contributed by atoms with Gasteiger partial charge in [-0.15, -0.1) is 0 Å². The van der Waals surface area contributed by atoms with Gasteiger partial charge >= 0.3 is 29.6 Å². The molecular weight excluding hydrogens is 347 g/mol. The van der Waals surface area contributed by atoms with Gasteiger partial charge in [0.1, 0.15) is 5.75 Å². The Bertz CT molecular complexity index is 573. The SMILES string of the molecule is CCCCCc1cccc(OCCCS(=O)(=O)[O-])c1CCCCC.[Na+]. The summed E-state index contributed by atoms with van der Waals surface area (Å²) in [5, 5.41) is 0. The molecule has 25 heavy (non-hydrogen) atoms. The maximum absolute atomic E-state index is 10.7. The van der Waals surface area contributed by atoms with E-state index in [1.165, 1.54) is 43.2 Å². The van der Waals surface area contributed by atoms with Crippen LogP contribution in [-0.4, -0.2) is 25.3 Å². The van der Waals surface area contributed by atoms with E-state index in [9.17, 15) is 13.0 Å². The third-order valence-corrected chi connectivity index (χ3v) is 4.89. The number of hydrogen-bond donors (Lipinski definition) is 0. The van der Waals surface area contributed by atoms with Crippen molar-refractivity contribution in [2.75, 3.05) is 12.4 Å². The van der Waals surface area contributed by atoms with Crippen LogP contribution in [0, 0.1) is 0 Å². The van der Waals surface area contributed by atoms with Crippen molar-refractivity contribution in [1.82, 2.24) is 0 Å². The average molecular weight is 379 g/mol. The van der Waals surface area contributed by atoms with Crippen LogP contribution in [0.4, 0.5) is 0 Å². The third-order valence-electron chi connectivity index (χ3n) is 4.11. The van der Waals surface area contributed by atoms with E-state index in [1.807, 2.05) is 12.1 Å². The maximum atomic E-state index is 10.7. The molecule has 1 aromatic carbocycles. The molecule has 0 fully saturated rings. The molecular formula is C19H31NaO4S. The van der Waals surface area contributed by atoms with Crippen molar-refractivity contribution in [3.8, 4) is 5.75 Å². The summed E-state index contributed by atoms with van der Waals surface area (Å²) in [6, 6.07) is 6.13. The zero-order chi connectivity index (χ0) is 17.8. The minimum atomic E-state index is -4.16. The Balaban J connectivity index is 0.00000576. The summed E-state index contributed by atoms with van der Waals surface area (Å²) in [6.07, 6.45) is 9.38. The molecule has 0 aliphatic heterocycles. The number of aryl methyl sites for hydroxylation is 1. The van der Waals surface area contributed by atoms with Gasteiger partial charge in [0, 0.05) is 5.75 Å².